The number of hydrogen-bond donors (Lipinski definition) is 3. The van der Waals surface area contributed by atoms with Gasteiger partial charge in [0.2, 0.25) is 0 Å². The van der Waals surface area contributed by atoms with Gasteiger partial charge in [-0.25, -0.2) is 0 Å². The van der Waals surface area contributed by atoms with Gasteiger partial charge in [0.1, 0.15) is 0 Å². The maximum Gasteiger partial charge on any atom is 0.253 e. The molecule has 1 aromatic heterocycles. The van der Waals surface area contributed by atoms with Gasteiger partial charge in [0.15, 0.2) is 0 Å². The summed E-state index contributed by atoms with van der Waals surface area (Å²) in [6.45, 7) is 0.0765. The zero-order chi connectivity index (χ0) is 15.5. The van der Waals surface area contributed by atoms with Crippen LogP contribution in [0.15, 0.2) is 48.7 Å². The largest absolute Gasteiger partial charge is 0.387 e. The first kappa shape index (κ1) is 14.6. The van der Waals surface area contributed by atoms with Gasteiger partial charge in [-0.2, -0.15) is 5.10 Å². The topological polar surface area (TPSA) is 78.0 Å². The SMILES string of the molecule is O=C(NCC(O)c1ccccc1Cl)c1cccc2cn[nH]c12. The van der Waals surface area contributed by atoms with Crippen LogP contribution in [0, 0.1) is 0 Å². The molecule has 0 bridgehead atoms. The van der Waals surface area contributed by atoms with E-state index in [0.717, 1.165) is 5.39 Å². The van der Waals surface area contributed by atoms with Gasteiger partial charge in [0.05, 0.1) is 23.4 Å². The number of fused-ring (bicyclic) bond motifs is 1. The number of rotatable bonds is 4. The van der Waals surface area contributed by atoms with Crippen LogP contribution < -0.4 is 5.32 Å². The molecule has 0 spiro atoms. The van der Waals surface area contributed by atoms with Crippen LogP contribution in [0.4, 0.5) is 0 Å². The summed E-state index contributed by atoms with van der Waals surface area (Å²) in [4.78, 5) is 12.3. The number of para-hydroxylation sites is 1. The molecule has 6 heteroatoms. The van der Waals surface area contributed by atoms with Crippen molar-refractivity contribution >= 4 is 28.4 Å². The fourth-order valence-corrected chi connectivity index (χ4v) is 2.56. The molecule has 112 valence electrons. The molecule has 0 saturated heterocycles. The zero-order valence-electron chi connectivity index (χ0n) is 11.6. The summed E-state index contributed by atoms with van der Waals surface area (Å²) in [7, 11) is 0. The first-order valence-electron chi connectivity index (χ1n) is 6.79. The molecule has 1 heterocycles. The van der Waals surface area contributed by atoms with Crippen LogP contribution in [0.25, 0.3) is 10.9 Å². The number of hydrogen-bond acceptors (Lipinski definition) is 3. The average Bonchev–Trinajstić information content (AvgIpc) is 3.01. The minimum absolute atomic E-state index is 0.0765. The van der Waals surface area contributed by atoms with Gasteiger partial charge in [-0.05, 0) is 12.1 Å². The molecule has 1 unspecified atom stereocenters. The van der Waals surface area contributed by atoms with E-state index in [1.54, 1.807) is 42.6 Å². The number of nitrogens with zero attached hydrogens (tertiary/aromatic N) is 1. The highest BCUT2D eigenvalue weighted by Gasteiger charge is 2.15. The number of carbonyl (C=O) groups is 1. The fourth-order valence-electron chi connectivity index (χ4n) is 2.30. The maximum atomic E-state index is 12.3. The van der Waals surface area contributed by atoms with Gasteiger partial charge in [-0.3, -0.25) is 9.89 Å². The lowest BCUT2D eigenvalue weighted by Crippen LogP contribution is -2.28. The number of carbonyl (C=O) groups excluding carboxylic acids is 1. The molecule has 0 radical (unpaired) electrons. The molecular formula is C16H14ClN3O2. The highest BCUT2D eigenvalue weighted by Crippen LogP contribution is 2.22. The van der Waals surface area contributed by atoms with E-state index in [2.05, 4.69) is 15.5 Å². The molecule has 0 saturated carbocycles. The van der Waals surface area contributed by atoms with Crippen LogP contribution >= 0.6 is 11.6 Å². The third-order valence-electron chi connectivity index (χ3n) is 3.44. The van der Waals surface area contributed by atoms with Gasteiger partial charge in [-0.1, -0.05) is 41.9 Å². The summed E-state index contributed by atoms with van der Waals surface area (Å²) in [5, 5.41) is 20.9. The molecule has 3 rings (SSSR count). The van der Waals surface area contributed by atoms with E-state index < -0.39 is 6.10 Å². The molecule has 0 aliphatic rings. The number of H-pyrrole nitrogens is 1. The Kier molecular flexibility index (Phi) is 4.09. The Bertz CT molecular complexity index is 816. The highest BCUT2D eigenvalue weighted by molar-refractivity contribution is 6.31. The number of benzene rings is 2. The van der Waals surface area contributed by atoms with E-state index in [1.165, 1.54) is 0 Å². The molecule has 2 aromatic carbocycles. The molecule has 0 fully saturated rings. The van der Waals surface area contributed by atoms with Crippen molar-refractivity contribution < 1.29 is 9.90 Å². The number of nitrogens with one attached hydrogen (secondary N) is 2. The Morgan fingerprint density at radius 2 is 2.09 bits per heavy atom. The van der Waals surface area contributed by atoms with Crippen molar-refractivity contribution in [1.82, 2.24) is 15.5 Å². The normalized spacial score (nSPS) is 12.3. The lowest BCUT2D eigenvalue weighted by molar-refractivity contribution is 0.0918. The van der Waals surface area contributed by atoms with E-state index in [1.807, 2.05) is 6.07 Å². The van der Waals surface area contributed by atoms with Crippen LogP contribution in [-0.4, -0.2) is 27.8 Å². The van der Waals surface area contributed by atoms with Crippen LogP contribution in [0.2, 0.25) is 5.02 Å². The van der Waals surface area contributed by atoms with Crippen molar-refractivity contribution in [3.63, 3.8) is 0 Å². The van der Waals surface area contributed by atoms with Crippen LogP contribution in [0.3, 0.4) is 0 Å². The Morgan fingerprint density at radius 3 is 2.91 bits per heavy atom. The van der Waals surface area contributed by atoms with Gasteiger partial charge in [0, 0.05) is 22.5 Å². The first-order chi connectivity index (χ1) is 10.7. The average molecular weight is 316 g/mol. The second kappa shape index (κ2) is 6.17. The zero-order valence-corrected chi connectivity index (χ0v) is 12.3. The summed E-state index contributed by atoms with van der Waals surface area (Å²) in [6.07, 6.45) is 0.795. The molecule has 0 aliphatic heterocycles. The van der Waals surface area contributed by atoms with E-state index in [4.69, 9.17) is 11.6 Å². The molecular weight excluding hydrogens is 302 g/mol. The molecule has 3 aromatic rings. The Morgan fingerprint density at radius 1 is 1.27 bits per heavy atom. The van der Waals surface area contributed by atoms with Crippen LogP contribution in [0.1, 0.15) is 22.0 Å². The van der Waals surface area contributed by atoms with Crippen molar-refractivity contribution in [3.05, 3.63) is 64.8 Å². The van der Waals surface area contributed by atoms with Crippen LogP contribution in [-0.2, 0) is 0 Å². The Hall–Kier alpha value is -2.37. The lowest BCUT2D eigenvalue weighted by atomic mass is 10.1. The first-order valence-corrected chi connectivity index (χ1v) is 7.17. The molecule has 0 aliphatic carbocycles. The summed E-state index contributed by atoms with van der Waals surface area (Å²) in [5.41, 5.74) is 1.75. The minimum atomic E-state index is -0.862. The quantitative estimate of drug-likeness (QED) is 0.692. The van der Waals surface area contributed by atoms with Crippen molar-refractivity contribution in [2.24, 2.45) is 0 Å². The number of aliphatic hydroxyl groups excluding tert-OH is 1. The van der Waals surface area contributed by atoms with Crippen LogP contribution in [0.5, 0.6) is 0 Å². The van der Waals surface area contributed by atoms with Crippen molar-refractivity contribution in [3.8, 4) is 0 Å². The van der Waals surface area contributed by atoms with E-state index >= 15 is 0 Å². The fraction of sp³-hybridized carbons (Fsp3) is 0.125. The second-order valence-corrected chi connectivity index (χ2v) is 5.29. The third kappa shape index (κ3) is 2.81. The predicted molar refractivity (Wildman–Crippen MR) is 84.8 cm³/mol. The van der Waals surface area contributed by atoms with Gasteiger partial charge in [0.25, 0.3) is 5.91 Å². The third-order valence-corrected chi connectivity index (χ3v) is 3.79. The molecule has 5 nitrogen and oxygen atoms in total. The second-order valence-electron chi connectivity index (χ2n) is 4.89. The minimum Gasteiger partial charge on any atom is -0.387 e. The van der Waals surface area contributed by atoms with Crippen molar-refractivity contribution in [2.45, 2.75) is 6.10 Å². The van der Waals surface area contributed by atoms with Gasteiger partial charge < -0.3 is 10.4 Å². The Labute approximate surface area is 131 Å². The monoisotopic (exact) mass is 315 g/mol. The Balaban J connectivity index is 1.73. The van der Waals surface area contributed by atoms with E-state index in [0.29, 0.717) is 21.7 Å². The summed E-state index contributed by atoms with van der Waals surface area (Å²) in [6, 6.07) is 12.4. The number of halogens is 1. The number of aromatic nitrogens is 2. The molecule has 22 heavy (non-hydrogen) atoms. The summed E-state index contributed by atoms with van der Waals surface area (Å²) < 4.78 is 0. The summed E-state index contributed by atoms with van der Waals surface area (Å²) in [5.74, 6) is -0.277. The molecule has 3 N–H and O–H groups in total. The number of aliphatic hydroxyl groups is 1. The summed E-state index contributed by atoms with van der Waals surface area (Å²) >= 11 is 6.03. The molecule has 1 atom stereocenters. The van der Waals surface area contributed by atoms with Crippen molar-refractivity contribution in [1.29, 1.82) is 0 Å². The number of aromatic amines is 1. The maximum absolute atomic E-state index is 12.3. The lowest BCUT2D eigenvalue weighted by Gasteiger charge is -2.13. The van der Waals surface area contributed by atoms with E-state index in [9.17, 15) is 9.90 Å². The standard InChI is InChI=1S/C16H14ClN3O2/c17-13-7-2-1-5-11(13)14(21)9-18-16(22)12-6-3-4-10-8-19-20-15(10)12/h1-8,14,21H,9H2,(H,18,22)(H,19,20). The highest BCUT2D eigenvalue weighted by atomic mass is 35.5. The van der Waals surface area contributed by atoms with Crippen molar-refractivity contribution in [2.75, 3.05) is 6.54 Å². The van der Waals surface area contributed by atoms with E-state index in [-0.39, 0.29) is 12.5 Å². The number of amides is 1. The predicted octanol–water partition coefficient (Wildman–Crippen LogP) is 2.68. The van der Waals surface area contributed by atoms with Gasteiger partial charge >= 0.3 is 0 Å². The molecule has 1 amide bonds. The van der Waals surface area contributed by atoms with Gasteiger partial charge in [-0.15, -0.1) is 0 Å². The smallest absolute Gasteiger partial charge is 0.253 e.